The van der Waals surface area contributed by atoms with Crippen LogP contribution in [-0.2, 0) is 0 Å². The van der Waals surface area contributed by atoms with E-state index in [1.54, 1.807) is 0 Å². The van der Waals surface area contributed by atoms with E-state index in [0.29, 0.717) is 6.54 Å². The van der Waals surface area contributed by atoms with Crippen LogP contribution in [0.15, 0.2) is 67.0 Å². The zero-order valence-corrected chi connectivity index (χ0v) is 10.5. The first-order valence-corrected chi connectivity index (χ1v) is 6.36. The average Bonchev–Trinajstić information content (AvgIpc) is 2.97. The highest BCUT2D eigenvalue weighted by Crippen LogP contribution is 2.20. The predicted molar refractivity (Wildman–Crippen MR) is 77.6 cm³/mol. The fourth-order valence-electron chi connectivity index (χ4n) is 2.16. The van der Waals surface area contributed by atoms with E-state index in [-0.39, 0.29) is 0 Å². The van der Waals surface area contributed by atoms with E-state index in [1.807, 2.05) is 59.5 Å². The molecule has 3 heteroatoms. The maximum atomic E-state index is 10.2. The molecule has 96 valence electrons. The molecule has 0 radical (unpaired) electrons. The summed E-state index contributed by atoms with van der Waals surface area (Å²) in [5.41, 5.74) is 4.07. The monoisotopic (exact) mass is 252 g/mol. The van der Waals surface area contributed by atoms with Gasteiger partial charge in [0.1, 0.15) is 0 Å². The van der Waals surface area contributed by atoms with E-state index in [4.69, 9.17) is 0 Å². The summed E-state index contributed by atoms with van der Waals surface area (Å²) in [4.78, 5) is 0. The Balaban J connectivity index is 1.75. The molecule has 1 unspecified atom stereocenters. The molecular weight excluding hydrogens is 236 g/mol. The van der Waals surface area contributed by atoms with Crippen molar-refractivity contribution >= 4 is 10.8 Å². The molecule has 3 aromatic rings. The number of fused-ring (bicyclic) bond motifs is 1. The van der Waals surface area contributed by atoms with Crippen molar-refractivity contribution in [2.75, 3.05) is 12.0 Å². The minimum atomic E-state index is -0.521. The summed E-state index contributed by atoms with van der Waals surface area (Å²) in [5.74, 6) is 0. The standard InChI is InChI=1S/C16H16N2O/c19-16(12-17-18-9-3-4-10-18)15-8-7-13-5-1-2-6-14(13)11-15/h1-11,16-17,19H,12H2. The fourth-order valence-corrected chi connectivity index (χ4v) is 2.16. The van der Waals surface area contributed by atoms with Gasteiger partial charge >= 0.3 is 0 Å². The molecule has 0 aliphatic carbocycles. The number of rotatable bonds is 4. The number of nitrogens with zero attached hydrogens (tertiary/aromatic N) is 1. The van der Waals surface area contributed by atoms with Crippen LogP contribution < -0.4 is 5.43 Å². The van der Waals surface area contributed by atoms with Crippen LogP contribution in [-0.4, -0.2) is 16.3 Å². The summed E-state index contributed by atoms with van der Waals surface area (Å²) in [5, 5.41) is 12.5. The first-order chi connectivity index (χ1) is 9.33. The second-order valence-electron chi connectivity index (χ2n) is 4.57. The Morgan fingerprint density at radius 3 is 2.47 bits per heavy atom. The second-order valence-corrected chi connectivity index (χ2v) is 4.57. The van der Waals surface area contributed by atoms with Crippen LogP contribution in [0.2, 0.25) is 0 Å². The number of nitrogens with one attached hydrogen (secondary N) is 1. The van der Waals surface area contributed by atoms with Gasteiger partial charge in [-0.25, -0.2) is 0 Å². The van der Waals surface area contributed by atoms with Gasteiger partial charge in [-0.05, 0) is 34.5 Å². The molecule has 2 N–H and O–H groups in total. The van der Waals surface area contributed by atoms with Crippen molar-refractivity contribution in [3.8, 4) is 0 Å². The molecule has 1 aromatic heterocycles. The van der Waals surface area contributed by atoms with Gasteiger partial charge in [-0.3, -0.25) is 4.68 Å². The van der Waals surface area contributed by atoms with Gasteiger partial charge in [-0.15, -0.1) is 0 Å². The normalized spacial score (nSPS) is 12.5. The minimum Gasteiger partial charge on any atom is -0.387 e. The van der Waals surface area contributed by atoms with E-state index >= 15 is 0 Å². The van der Waals surface area contributed by atoms with Crippen LogP contribution in [0.1, 0.15) is 11.7 Å². The van der Waals surface area contributed by atoms with Crippen molar-refractivity contribution < 1.29 is 5.11 Å². The summed E-state index contributed by atoms with van der Waals surface area (Å²) in [7, 11) is 0. The molecule has 0 spiro atoms. The Morgan fingerprint density at radius 1 is 0.947 bits per heavy atom. The summed E-state index contributed by atoms with van der Waals surface area (Å²) in [6, 6.07) is 18.1. The lowest BCUT2D eigenvalue weighted by Gasteiger charge is -2.14. The van der Waals surface area contributed by atoms with Gasteiger partial charge in [0, 0.05) is 12.4 Å². The zero-order chi connectivity index (χ0) is 13.1. The third-order valence-corrected chi connectivity index (χ3v) is 3.23. The third-order valence-electron chi connectivity index (χ3n) is 3.23. The highest BCUT2D eigenvalue weighted by Gasteiger charge is 2.07. The first-order valence-electron chi connectivity index (χ1n) is 6.36. The topological polar surface area (TPSA) is 37.2 Å². The lowest BCUT2D eigenvalue weighted by Crippen LogP contribution is -2.19. The van der Waals surface area contributed by atoms with Crippen molar-refractivity contribution in [1.29, 1.82) is 0 Å². The number of hydrogen-bond donors (Lipinski definition) is 2. The second kappa shape index (κ2) is 5.16. The molecular formula is C16H16N2O. The molecule has 0 bridgehead atoms. The molecule has 19 heavy (non-hydrogen) atoms. The van der Waals surface area contributed by atoms with Crippen molar-refractivity contribution in [3.63, 3.8) is 0 Å². The largest absolute Gasteiger partial charge is 0.387 e. The Labute approximate surface area is 112 Å². The van der Waals surface area contributed by atoms with Crippen LogP contribution in [0.5, 0.6) is 0 Å². The minimum absolute atomic E-state index is 0.479. The Hall–Kier alpha value is -2.26. The van der Waals surface area contributed by atoms with Crippen LogP contribution in [0, 0.1) is 0 Å². The van der Waals surface area contributed by atoms with E-state index in [0.717, 1.165) is 10.9 Å². The highest BCUT2D eigenvalue weighted by molar-refractivity contribution is 5.83. The van der Waals surface area contributed by atoms with Gasteiger partial charge in [0.2, 0.25) is 0 Å². The molecule has 0 saturated carbocycles. The number of aliphatic hydroxyl groups is 1. The summed E-state index contributed by atoms with van der Waals surface area (Å²) < 4.78 is 1.84. The molecule has 3 rings (SSSR count). The van der Waals surface area contributed by atoms with Crippen LogP contribution in [0.4, 0.5) is 0 Å². The van der Waals surface area contributed by atoms with E-state index in [9.17, 15) is 5.11 Å². The lowest BCUT2D eigenvalue weighted by atomic mass is 10.0. The molecule has 2 aromatic carbocycles. The smallest absolute Gasteiger partial charge is 0.0978 e. The van der Waals surface area contributed by atoms with Crippen LogP contribution in [0.25, 0.3) is 10.8 Å². The van der Waals surface area contributed by atoms with Crippen molar-refractivity contribution in [3.05, 3.63) is 72.6 Å². The summed E-state index contributed by atoms with van der Waals surface area (Å²) in [6.07, 6.45) is 3.30. The van der Waals surface area contributed by atoms with E-state index in [2.05, 4.69) is 17.6 Å². The fraction of sp³-hybridized carbons (Fsp3) is 0.125. The Morgan fingerprint density at radius 2 is 1.68 bits per heavy atom. The van der Waals surface area contributed by atoms with Crippen molar-refractivity contribution in [2.24, 2.45) is 0 Å². The van der Waals surface area contributed by atoms with E-state index < -0.39 is 6.10 Å². The number of benzene rings is 2. The highest BCUT2D eigenvalue weighted by atomic mass is 16.3. The molecule has 0 fully saturated rings. The van der Waals surface area contributed by atoms with Gasteiger partial charge in [0.25, 0.3) is 0 Å². The van der Waals surface area contributed by atoms with Gasteiger partial charge in [0.05, 0.1) is 12.6 Å². The Kier molecular flexibility index (Phi) is 3.21. The van der Waals surface area contributed by atoms with Gasteiger partial charge in [-0.1, -0.05) is 36.4 Å². The molecule has 1 atom stereocenters. The Bertz CT molecular complexity index is 661. The maximum absolute atomic E-state index is 10.2. The summed E-state index contributed by atoms with van der Waals surface area (Å²) >= 11 is 0. The zero-order valence-electron chi connectivity index (χ0n) is 10.5. The molecule has 1 heterocycles. The third kappa shape index (κ3) is 2.61. The van der Waals surface area contributed by atoms with Crippen molar-refractivity contribution in [2.45, 2.75) is 6.10 Å². The SMILES string of the molecule is OC(CNn1cccc1)c1ccc2ccccc2c1. The van der Waals surface area contributed by atoms with Crippen LogP contribution in [0.3, 0.4) is 0 Å². The first kappa shape index (κ1) is 11.8. The molecule has 0 amide bonds. The average molecular weight is 252 g/mol. The van der Waals surface area contributed by atoms with E-state index in [1.165, 1.54) is 5.39 Å². The lowest BCUT2D eigenvalue weighted by molar-refractivity contribution is 0.188. The number of hydrogen-bond acceptors (Lipinski definition) is 2. The van der Waals surface area contributed by atoms with Gasteiger partial charge < -0.3 is 10.5 Å². The number of aliphatic hydroxyl groups excluding tert-OH is 1. The summed E-state index contributed by atoms with van der Waals surface area (Å²) in [6.45, 7) is 0.479. The number of aromatic nitrogens is 1. The van der Waals surface area contributed by atoms with Gasteiger partial charge in [-0.2, -0.15) is 0 Å². The maximum Gasteiger partial charge on any atom is 0.0978 e. The molecule has 0 aliphatic heterocycles. The van der Waals surface area contributed by atoms with Gasteiger partial charge in [0.15, 0.2) is 0 Å². The van der Waals surface area contributed by atoms with Crippen LogP contribution >= 0.6 is 0 Å². The quantitative estimate of drug-likeness (QED) is 0.749. The van der Waals surface area contributed by atoms with Crippen molar-refractivity contribution in [1.82, 2.24) is 4.68 Å². The predicted octanol–water partition coefficient (Wildman–Crippen LogP) is 2.92. The molecule has 0 saturated heterocycles. The molecule has 0 aliphatic rings. The molecule has 3 nitrogen and oxygen atoms in total.